The van der Waals surface area contributed by atoms with Crippen LogP contribution in [0.1, 0.15) is 73.3 Å². The van der Waals surface area contributed by atoms with Crippen LogP contribution in [0.25, 0.3) is 0 Å². The van der Waals surface area contributed by atoms with Gasteiger partial charge in [0.1, 0.15) is 11.3 Å². The Balaban J connectivity index is 1.85. The van der Waals surface area contributed by atoms with Gasteiger partial charge in [-0.1, -0.05) is 78.3 Å². The lowest BCUT2D eigenvalue weighted by atomic mass is 9.60. The van der Waals surface area contributed by atoms with Crippen molar-refractivity contribution in [2.24, 2.45) is 16.2 Å². The molecule has 2 N–H and O–H groups in total. The third kappa shape index (κ3) is 6.20. The van der Waals surface area contributed by atoms with E-state index in [1.807, 2.05) is 30.3 Å². The quantitative estimate of drug-likeness (QED) is 0.558. The number of ether oxygens (including phenoxy) is 2. The Kier molecular flexibility index (Phi) is 8.09. The Morgan fingerprint density at radius 1 is 1.03 bits per heavy atom. The number of nitrogens with one attached hydrogen (secondary N) is 2. The molecule has 2 amide bonds. The molecule has 1 aromatic rings. The van der Waals surface area contributed by atoms with Gasteiger partial charge in [-0.05, 0) is 40.4 Å². The largest absolute Gasteiger partial charge is 0.497 e. The molecule has 1 saturated heterocycles. The highest BCUT2D eigenvalue weighted by atomic mass is 16.5. The maximum absolute atomic E-state index is 13.7. The van der Waals surface area contributed by atoms with Gasteiger partial charge in [-0.15, -0.1) is 0 Å². The standard InChI is InChI=1S/C30H44N2O4/c1-27(2,3)23-17-22(18-29(7,19-23)28(4,5)6)25(33)32-30(13-15-36-16-14-30)26(34)31-20-21-9-11-24(35-8)12-10-21/h9-12,17-18H,13-16,19-20H2,1-8H3,(H,31,34)(H,32,33). The van der Waals surface area contributed by atoms with Gasteiger partial charge in [0.05, 0.1) is 7.11 Å². The van der Waals surface area contributed by atoms with Crippen molar-refractivity contribution in [1.82, 2.24) is 10.6 Å². The van der Waals surface area contributed by atoms with Gasteiger partial charge in [0.25, 0.3) is 5.91 Å². The average Bonchev–Trinajstić information content (AvgIpc) is 2.81. The van der Waals surface area contributed by atoms with Crippen molar-refractivity contribution >= 4 is 11.8 Å². The minimum Gasteiger partial charge on any atom is -0.497 e. The number of carbonyl (C=O) groups is 2. The van der Waals surface area contributed by atoms with E-state index in [0.717, 1.165) is 17.7 Å². The molecule has 0 radical (unpaired) electrons. The van der Waals surface area contributed by atoms with Crippen LogP contribution in [0.15, 0.2) is 47.6 Å². The Labute approximate surface area is 216 Å². The maximum atomic E-state index is 13.7. The third-order valence-electron chi connectivity index (χ3n) is 8.05. The smallest absolute Gasteiger partial charge is 0.251 e. The summed E-state index contributed by atoms with van der Waals surface area (Å²) in [4.78, 5) is 27.3. The fourth-order valence-corrected chi connectivity index (χ4v) is 4.68. The number of benzene rings is 1. The highest BCUT2D eigenvalue weighted by molar-refractivity contribution is 6.01. The number of methoxy groups -OCH3 is 1. The monoisotopic (exact) mass is 496 g/mol. The Bertz CT molecular complexity index is 1020. The van der Waals surface area contributed by atoms with Crippen LogP contribution >= 0.6 is 0 Å². The maximum Gasteiger partial charge on any atom is 0.251 e. The molecule has 1 aromatic carbocycles. The number of hydrogen-bond acceptors (Lipinski definition) is 4. The van der Waals surface area contributed by atoms with E-state index in [1.54, 1.807) is 7.11 Å². The summed E-state index contributed by atoms with van der Waals surface area (Å²) in [7, 11) is 1.62. The van der Waals surface area contributed by atoms with Crippen LogP contribution in [0.4, 0.5) is 0 Å². The van der Waals surface area contributed by atoms with Gasteiger partial charge in [0, 0.05) is 38.2 Å². The molecule has 1 heterocycles. The fourth-order valence-electron chi connectivity index (χ4n) is 4.68. The molecule has 1 unspecified atom stereocenters. The van der Waals surface area contributed by atoms with E-state index in [-0.39, 0.29) is 28.1 Å². The minimum atomic E-state index is -1.01. The van der Waals surface area contributed by atoms with E-state index in [4.69, 9.17) is 9.47 Å². The fraction of sp³-hybridized carbons (Fsp3) is 0.600. The summed E-state index contributed by atoms with van der Waals surface area (Å²) in [6.07, 6.45) is 5.92. The van der Waals surface area contributed by atoms with Crippen LogP contribution in [0.3, 0.4) is 0 Å². The van der Waals surface area contributed by atoms with E-state index in [2.05, 4.69) is 65.2 Å². The topological polar surface area (TPSA) is 76.7 Å². The van der Waals surface area contributed by atoms with E-state index < -0.39 is 5.54 Å². The number of hydrogen-bond donors (Lipinski definition) is 2. The predicted molar refractivity (Wildman–Crippen MR) is 144 cm³/mol. The molecule has 0 saturated carbocycles. The first-order valence-electron chi connectivity index (χ1n) is 12.9. The first kappa shape index (κ1) is 28.0. The van der Waals surface area contributed by atoms with Crippen molar-refractivity contribution in [3.8, 4) is 5.75 Å². The Morgan fingerprint density at radius 2 is 1.64 bits per heavy atom. The number of rotatable bonds is 6. The van der Waals surface area contributed by atoms with Crippen LogP contribution < -0.4 is 15.4 Å². The van der Waals surface area contributed by atoms with Gasteiger partial charge in [-0.3, -0.25) is 9.59 Å². The molecule has 6 heteroatoms. The van der Waals surface area contributed by atoms with Gasteiger partial charge in [0.2, 0.25) is 5.91 Å². The highest BCUT2D eigenvalue weighted by Crippen LogP contribution is 2.50. The van der Waals surface area contributed by atoms with Crippen LogP contribution in [0, 0.1) is 16.2 Å². The lowest BCUT2D eigenvalue weighted by molar-refractivity contribution is -0.136. The molecule has 2 aliphatic rings. The molecule has 0 bridgehead atoms. The van der Waals surface area contributed by atoms with E-state index in [0.29, 0.717) is 38.2 Å². The molecule has 6 nitrogen and oxygen atoms in total. The Hall–Kier alpha value is -2.60. The van der Waals surface area contributed by atoms with Crippen molar-refractivity contribution in [3.05, 3.63) is 53.1 Å². The van der Waals surface area contributed by atoms with Gasteiger partial charge < -0.3 is 20.1 Å². The molecule has 198 valence electrons. The van der Waals surface area contributed by atoms with Crippen molar-refractivity contribution in [1.29, 1.82) is 0 Å². The summed E-state index contributed by atoms with van der Waals surface area (Å²) in [5.41, 5.74) is 1.57. The molecule has 1 fully saturated rings. The summed E-state index contributed by atoms with van der Waals surface area (Å²) >= 11 is 0. The molecule has 1 atom stereocenters. The molecule has 1 aliphatic carbocycles. The predicted octanol–water partition coefficient (Wildman–Crippen LogP) is 5.33. The lowest BCUT2D eigenvalue weighted by Gasteiger charge is -2.45. The zero-order valence-electron chi connectivity index (χ0n) is 23.3. The molecular formula is C30H44N2O4. The number of amides is 2. The van der Waals surface area contributed by atoms with Crippen molar-refractivity contribution in [2.75, 3.05) is 20.3 Å². The summed E-state index contributed by atoms with van der Waals surface area (Å²) in [5.74, 6) is 0.391. The van der Waals surface area contributed by atoms with Gasteiger partial charge in [-0.2, -0.15) is 0 Å². The first-order valence-corrected chi connectivity index (χ1v) is 12.9. The number of carbonyl (C=O) groups excluding carboxylic acids is 2. The summed E-state index contributed by atoms with van der Waals surface area (Å²) in [5, 5.41) is 6.20. The summed E-state index contributed by atoms with van der Waals surface area (Å²) in [6, 6.07) is 7.59. The van der Waals surface area contributed by atoms with Gasteiger partial charge >= 0.3 is 0 Å². The highest BCUT2D eigenvalue weighted by Gasteiger charge is 2.44. The van der Waals surface area contributed by atoms with Gasteiger partial charge in [0.15, 0.2) is 0 Å². The minimum absolute atomic E-state index is 0.0323. The molecular weight excluding hydrogens is 452 g/mol. The molecule has 0 spiro atoms. The van der Waals surface area contributed by atoms with Crippen LogP contribution in [-0.4, -0.2) is 37.7 Å². The first-order chi connectivity index (χ1) is 16.7. The number of allylic oxidation sites excluding steroid dienone is 2. The summed E-state index contributed by atoms with van der Waals surface area (Å²) in [6.45, 7) is 16.7. The SMILES string of the molecule is COc1ccc(CNC(=O)C2(NC(=O)C3=CC(C)(C(C)(C)C)CC(C(C)(C)C)=C3)CCOCC2)cc1. The lowest BCUT2D eigenvalue weighted by Crippen LogP contribution is -2.61. The van der Waals surface area contributed by atoms with E-state index in [9.17, 15) is 9.59 Å². The van der Waals surface area contributed by atoms with Crippen molar-refractivity contribution < 1.29 is 19.1 Å². The molecule has 1 aliphatic heterocycles. The average molecular weight is 497 g/mol. The third-order valence-corrected chi connectivity index (χ3v) is 8.05. The van der Waals surface area contributed by atoms with Crippen molar-refractivity contribution in [2.45, 2.75) is 79.8 Å². The van der Waals surface area contributed by atoms with E-state index >= 15 is 0 Å². The van der Waals surface area contributed by atoms with Crippen LogP contribution in [-0.2, 0) is 20.9 Å². The van der Waals surface area contributed by atoms with Crippen molar-refractivity contribution in [3.63, 3.8) is 0 Å². The summed E-state index contributed by atoms with van der Waals surface area (Å²) < 4.78 is 10.8. The molecule has 36 heavy (non-hydrogen) atoms. The second kappa shape index (κ2) is 10.4. The van der Waals surface area contributed by atoms with Gasteiger partial charge in [-0.25, -0.2) is 0 Å². The van der Waals surface area contributed by atoms with E-state index in [1.165, 1.54) is 5.57 Å². The zero-order valence-corrected chi connectivity index (χ0v) is 23.3. The Morgan fingerprint density at radius 3 is 2.17 bits per heavy atom. The second-order valence-electron chi connectivity index (χ2n) is 12.5. The second-order valence-corrected chi connectivity index (χ2v) is 12.5. The normalized spacial score (nSPS) is 22.2. The molecule has 3 rings (SSSR count). The molecule has 0 aromatic heterocycles. The van der Waals surface area contributed by atoms with Crippen LogP contribution in [0.5, 0.6) is 5.75 Å². The zero-order chi connectivity index (χ0) is 26.8. The van der Waals surface area contributed by atoms with Crippen LogP contribution in [0.2, 0.25) is 0 Å².